The maximum absolute atomic E-state index is 13.8. The molecule has 0 bridgehead atoms. The Kier molecular flexibility index (Phi) is 8.79. The second-order valence-electron chi connectivity index (χ2n) is 11.5. The quantitative estimate of drug-likeness (QED) is 0.144. The third-order valence-corrected chi connectivity index (χ3v) is 10.3. The van der Waals surface area contributed by atoms with E-state index in [1.54, 1.807) is 12.1 Å². The van der Waals surface area contributed by atoms with Crippen LogP contribution < -0.4 is 30.0 Å². The van der Waals surface area contributed by atoms with Gasteiger partial charge in [0, 0.05) is 43.9 Å². The molecule has 1 atom stereocenters. The highest BCUT2D eigenvalue weighted by atomic mass is 32.2. The molecule has 0 radical (unpaired) electrons. The molecule has 16 heteroatoms. The molecule has 4 aromatic rings. The third kappa shape index (κ3) is 6.59. The normalized spacial score (nSPS) is 18.5. The maximum Gasteiger partial charge on any atom is 0.332 e. The van der Waals surface area contributed by atoms with Crippen LogP contribution in [-0.4, -0.2) is 66.6 Å². The predicted molar refractivity (Wildman–Crippen MR) is 172 cm³/mol. The van der Waals surface area contributed by atoms with Crippen LogP contribution in [-0.2, 0) is 21.4 Å². The van der Waals surface area contributed by atoms with Crippen LogP contribution in [0.1, 0.15) is 25.7 Å². The Labute approximate surface area is 269 Å². The molecular formula is C31H33N7O8S. The average Bonchev–Trinajstić information content (AvgIpc) is 3.08. The van der Waals surface area contributed by atoms with Crippen molar-refractivity contribution in [3.63, 3.8) is 0 Å². The van der Waals surface area contributed by atoms with E-state index in [1.807, 2.05) is 24.1 Å². The molecule has 15 nitrogen and oxygen atoms in total. The van der Waals surface area contributed by atoms with E-state index in [9.17, 15) is 28.1 Å². The Bertz CT molecular complexity index is 2010. The van der Waals surface area contributed by atoms with Gasteiger partial charge < -0.3 is 24.3 Å². The van der Waals surface area contributed by atoms with E-state index in [2.05, 4.69) is 20.0 Å². The number of nitrogens with one attached hydrogen (secondary N) is 2. The molecule has 1 aliphatic heterocycles. The second kappa shape index (κ2) is 13.0. The Hall–Kier alpha value is -5.09. The van der Waals surface area contributed by atoms with Crippen LogP contribution in [0.5, 0.6) is 11.6 Å². The number of nitrogens with zero attached hydrogens (tertiary/aromatic N) is 5. The van der Waals surface area contributed by atoms with E-state index in [0.717, 1.165) is 6.07 Å². The number of rotatable bonds is 10. The number of carbonyl (C=O) groups is 1. The standard InChI is InChI=1S/C31H33N7O8S/c1-36(28-13-11-23-31(34-28)46-30(40)17-33-23)20-9-7-19(8-10-20)24(35-47(43,44)27-6-4-3-5-25(27)38(41)42)18-37-26-15-21(45-2)16-32-22(26)12-14-29(37)39/h3-6,11-16,19-20,24,33,35H,7-10,17-18H2,1-2H3. The lowest BCUT2D eigenvalue weighted by Crippen LogP contribution is -2.47. The molecule has 1 fully saturated rings. The van der Waals surface area contributed by atoms with Gasteiger partial charge in [0.2, 0.25) is 15.9 Å². The Morgan fingerprint density at radius 3 is 2.66 bits per heavy atom. The highest BCUT2D eigenvalue weighted by molar-refractivity contribution is 7.89. The van der Waals surface area contributed by atoms with E-state index < -0.39 is 37.5 Å². The highest BCUT2D eigenvalue weighted by Crippen LogP contribution is 2.35. The van der Waals surface area contributed by atoms with E-state index in [0.29, 0.717) is 54.0 Å². The maximum atomic E-state index is 13.8. The lowest BCUT2D eigenvalue weighted by atomic mass is 9.81. The van der Waals surface area contributed by atoms with Crippen LogP contribution in [0.2, 0.25) is 0 Å². The van der Waals surface area contributed by atoms with Crippen molar-refractivity contribution in [2.75, 3.05) is 30.9 Å². The first-order valence-electron chi connectivity index (χ1n) is 15.0. The van der Waals surface area contributed by atoms with Gasteiger partial charge in [0.05, 0.1) is 35.0 Å². The summed E-state index contributed by atoms with van der Waals surface area (Å²) in [5, 5.41) is 14.7. The summed E-state index contributed by atoms with van der Waals surface area (Å²) in [6, 6.07) is 12.7. The number of anilines is 2. The second-order valence-corrected chi connectivity index (χ2v) is 13.2. The SMILES string of the molecule is COc1cnc2ccc(=O)n(CC(NS(=O)(=O)c3ccccc3[N+](=O)[O-])C3CCC(N(C)c4ccc5c(n4)OC(=O)CN5)CC3)c2c1. The number of carbonyl (C=O) groups excluding carboxylic acids is 1. The summed E-state index contributed by atoms with van der Waals surface area (Å²) < 4.78 is 42.3. The van der Waals surface area contributed by atoms with Crippen LogP contribution in [0, 0.1) is 16.0 Å². The number of para-hydroxylation sites is 1. The molecule has 2 aliphatic rings. The van der Waals surface area contributed by atoms with Crippen molar-refractivity contribution in [3.05, 3.63) is 81.3 Å². The average molecular weight is 664 g/mol. The van der Waals surface area contributed by atoms with E-state index >= 15 is 0 Å². The van der Waals surface area contributed by atoms with Gasteiger partial charge in [-0.1, -0.05) is 12.1 Å². The lowest BCUT2D eigenvalue weighted by Gasteiger charge is -2.38. The van der Waals surface area contributed by atoms with Gasteiger partial charge in [-0.05, 0) is 55.9 Å². The molecule has 1 aromatic carbocycles. The molecule has 1 unspecified atom stereocenters. The first-order valence-corrected chi connectivity index (χ1v) is 16.5. The Balaban J connectivity index is 1.29. The summed E-state index contributed by atoms with van der Waals surface area (Å²) in [6.07, 6.45) is 4.04. The number of aromatic nitrogens is 3. The van der Waals surface area contributed by atoms with Crippen molar-refractivity contribution >= 4 is 44.2 Å². The first kappa shape index (κ1) is 31.9. The molecule has 6 rings (SSSR count). The fourth-order valence-electron chi connectivity index (χ4n) is 6.26. The molecule has 3 aromatic heterocycles. The molecule has 1 saturated carbocycles. The topological polar surface area (TPSA) is 188 Å². The van der Waals surface area contributed by atoms with Crippen molar-refractivity contribution in [1.29, 1.82) is 0 Å². The zero-order valence-corrected chi connectivity index (χ0v) is 26.5. The van der Waals surface area contributed by atoms with E-state index in [-0.39, 0.29) is 36.5 Å². The molecule has 246 valence electrons. The number of nitro groups is 1. The summed E-state index contributed by atoms with van der Waals surface area (Å²) in [6.45, 7) is 0.0339. The zero-order chi connectivity index (χ0) is 33.3. The number of benzene rings is 1. The summed E-state index contributed by atoms with van der Waals surface area (Å²) in [7, 11) is -0.997. The number of sulfonamides is 1. The molecule has 0 saturated heterocycles. The number of pyridine rings is 3. The van der Waals surface area contributed by atoms with Gasteiger partial charge in [0.15, 0.2) is 4.90 Å². The van der Waals surface area contributed by atoms with Gasteiger partial charge in [-0.2, -0.15) is 4.98 Å². The van der Waals surface area contributed by atoms with Gasteiger partial charge in [-0.25, -0.2) is 17.9 Å². The van der Waals surface area contributed by atoms with Gasteiger partial charge in [0.25, 0.3) is 11.2 Å². The van der Waals surface area contributed by atoms with Crippen molar-refractivity contribution in [2.24, 2.45) is 5.92 Å². The van der Waals surface area contributed by atoms with Crippen LogP contribution >= 0.6 is 0 Å². The van der Waals surface area contributed by atoms with Crippen molar-refractivity contribution in [2.45, 2.75) is 49.2 Å². The monoisotopic (exact) mass is 663 g/mol. The number of fused-ring (bicyclic) bond motifs is 2. The lowest BCUT2D eigenvalue weighted by molar-refractivity contribution is -0.387. The Morgan fingerprint density at radius 1 is 1.15 bits per heavy atom. The number of ether oxygens (including phenoxy) is 2. The Morgan fingerprint density at radius 2 is 1.91 bits per heavy atom. The predicted octanol–water partition coefficient (Wildman–Crippen LogP) is 3.08. The fourth-order valence-corrected chi connectivity index (χ4v) is 7.72. The van der Waals surface area contributed by atoms with Crippen LogP contribution in [0.25, 0.3) is 11.0 Å². The molecule has 0 amide bonds. The number of nitro benzene ring substituents is 1. The summed E-state index contributed by atoms with van der Waals surface area (Å²) in [4.78, 5) is 46.4. The molecular weight excluding hydrogens is 630 g/mol. The zero-order valence-electron chi connectivity index (χ0n) is 25.7. The summed E-state index contributed by atoms with van der Waals surface area (Å²) >= 11 is 0. The largest absolute Gasteiger partial charge is 0.495 e. The van der Waals surface area contributed by atoms with Crippen LogP contribution in [0.15, 0.2) is 70.5 Å². The summed E-state index contributed by atoms with van der Waals surface area (Å²) in [5.74, 6) is 0.633. The molecule has 4 heterocycles. The van der Waals surface area contributed by atoms with E-state index in [1.165, 1.54) is 42.1 Å². The van der Waals surface area contributed by atoms with Gasteiger partial charge >= 0.3 is 5.97 Å². The third-order valence-electron chi connectivity index (χ3n) is 8.78. The smallest absolute Gasteiger partial charge is 0.332 e. The van der Waals surface area contributed by atoms with Crippen molar-refractivity contribution in [1.82, 2.24) is 19.3 Å². The van der Waals surface area contributed by atoms with Crippen LogP contribution in [0.4, 0.5) is 17.2 Å². The molecule has 47 heavy (non-hydrogen) atoms. The fraction of sp³-hybridized carbons (Fsp3) is 0.355. The minimum atomic E-state index is -4.38. The van der Waals surface area contributed by atoms with Gasteiger partial charge in [-0.3, -0.25) is 19.9 Å². The van der Waals surface area contributed by atoms with Gasteiger partial charge in [-0.15, -0.1) is 0 Å². The van der Waals surface area contributed by atoms with E-state index in [4.69, 9.17) is 9.47 Å². The molecule has 2 N–H and O–H groups in total. The number of esters is 1. The minimum Gasteiger partial charge on any atom is -0.495 e. The molecule has 1 aliphatic carbocycles. The summed E-state index contributed by atoms with van der Waals surface area (Å²) in [5.41, 5.74) is 0.724. The van der Waals surface area contributed by atoms with Crippen molar-refractivity contribution < 1.29 is 27.6 Å². The van der Waals surface area contributed by atoms with Gasteiger partial charge in [0.1, 0.15) is 18.1 Å². The molecule has 0 spiro atoms. The van der Waals surface area contributed by atoms with Crippen LogP contribution in [0.3, 0.4) is 0 Å². The number of methoxy groups -OCH3 is 1. The number of hydrogen-bond donors (Lipinski definition) is 2. The highest BCUT2D eigenvalue weighted by Gasteiger charge is 2.35. The first-order chi connectivity index (χ1) is 22.5. The number of hydrogen-bond acceptors (Lipinski definition) is 12. The van der Waals surface area contributed by atoms with Crippen molar-refractivity contribution in [3.8, 4) is 11.6 Å². The minimum absolute atomic E-state index is 0.0409.